The van der Waals surface area contributed by atoms with Crippen LogP contribution in [-0.4, -0.2) is 11.9 Å². The average molecular weight is 555 g/mol. The third kappa shape index (κ3) is 6.18. The molecule has 0 aliphatic heterocycles. The first-order valence-electron chi connectivity index (χ1n) is 14.0. The summed E-state index contributed by atoms with van der Waals surface area (Å²) in [7, 11) is 0. The van der Waals surface area contributed by atoms with Gasteiger partial charge in [-0.25, -0.2) is 9.59 Å². The Balaban J connectivity index is 1.19. The first-order valence-corrected chi connectivity index (χ1v) is 14.0. The van der Waals surface area contributed by atoms with Crippen molar-refractivity contribution >= 4 is 11.9 Å². The van der Waals surface area contributed by atoms with Crippen molar-refractivity contribution in [1.29, 1.82) is 0 Å². The highest BCUT2D eigenvalue weighted by atomic mass is 16.5. The Labute approximate surface area is 247 Å². The number of benzene rings is 5. The maximum atomic E-state index is 12.8. The molecule has 0 aliphatic carbocycles. The maximum Gasteiger partial charge on any atom is 0.343 e. The predicted molar refractivity (Wildman–Crippen MR) is 166 cm³/mol. The quantitative estimate of drug-likeness (QED) is 0.142. The number of carbonyl (C=O) groups is 2. The number of ether oxygens (including phenoxy) is 2. The molecule has 0 heterocycles. The molecule has 5 rings (SSSR count). The van der Waals surface area contributed by atoms with Gasteiger partial charge >= 0.3 is 11.9 Å². The molecule has 0 atom stereocenters. The molecule has 0 aromatic heterocycles. The van der Waals surface area contributed by atoms with Crippen molar-refractivity contribution in [3.63, 3.8) is 0 Å². The molecule has 210 valence electrons. The molecule has 0 fully saturated rings. The minimum atomic E-state index is -0.499. The van der Waals surface area contributed by atoms with Crippen molar-refractivity contribution in [2.24, 2.45) is 0 Å². The number of rotatable bonds is 8. The van der Waals surface area contributed by atoms with Gasteiger partial charge in [0.05, 0.1) is 11.1 Å². The lowest BCUT2D eigenvalue weighted by molar-refractivity contribution is 0.0720. The molecule has 5 aromatic rings. The van der Waals surface area contributed by atoms with Gasteiger partial charge in [-0.2, -0.15) is 0 Å². The molecule has 4 nitrogen and oxygen atoms in total. The van der Waals surface area contributed by atoms with Gasteiger partial charge in [-0.3, -0.25) is 0 Å². The van der Waals surface area contributed by atoms with E-state index in [9.17, 15) is 9.59 Å². The molecule has 42 heavy (non-hydrogen) atoms. The Morgan fingerprint density at radius 1 is 0.405 bits per heavy atom. The van der Waals surface area contributed by atoms with Crippen molar-refractivity contribution in [1.82, 2.24) is 0 Å². The number of hydrogen-bond acceptors (Lipinski definition) is 4. The van der Waals surface area contributed by atoms with Crippen molar-refractivity contribution in [2.45, 2.75) is 38.5 Å². The molecule has 5 aromatic carbocycles. The summed E-state index contributed by atoms with van der Waals surface area (Å²) in [6.07, 6.45) is 0. The van der Waals surface area contributed by atoms with E-state index in [1.807, 2.05) is 60.7 Å². The Bertz CT molecular complexity index is 1520. The third-order valence-electron chi connectivity index (χ3n) is 7.92. The second kappa shape index (κ2) is 11.9. The van der Waals surface area contributed by atoms with E-state index >= 15 is 0 Å². The monoisotopic (exact) mass is 554 g/mol. The Morgan fingerprint density at radius 3 is 1.00 bits per heavy atom. The SMILES string of the molecule is CC(C)(c1ccccc1)c1ccc(OC(=O)c2ccc(C(=O)Oc3ccc(C(C)(C)c4ccccc4)cc3)cc2)cc1. The van der Waals surface area contributed by atoms with Crippen molar-refractivity contribution < 1.29 is 19.1 Å². The highest BCUT2D eigenvalue weighted by Gasteiger charge is 2.24. The minimum absolute atomic E-state index is 0.185. The molecular formula is C38H34O4. The summed E-state index contributed by atoms with van der Waals surface area (Å²) in [4.78, 5) is 25.5. The van der Waals surface area contributed by atoms with Crippen LogP contribution >= 0.6 is 0 Å². The molecule has 0 unspecified atom stereocenters. The molecule has 0 bridgehead atoms. The topological polar surface area (TPSA) is 52.6 Å². The first-order chi connectivity index (χ1) is 20.1. The summed E-state index contributed by atoms with van der Waals surface area (Å²) in [5.74, 6) is -0.0896. The highest BCUT2D eigenvalue weighted by molar-refractivity contribution is 5.94. The molecule has 0 saturated heterocycles. The molecular weight excluding hydrogens is 520 g/mol. The minimum Gasteiger partial charge on any atom is -0.423 e. The summed E-state index contributed by atoms with van der Waals surface area (Å²) in [5.41, 5.74) is 4.96. The average Bonchev–Trinajstić information content (AvgIpc) is 3.02. The van der Waals surface area contributed by atoms with Gasteiger partial charge in [0.2, 0.25) is 0 Å². The van der Waals surface area contributed by atoms with E-state index in [1.54, 1.807) is 48.5 Å². The normalized spacial score (nSPS) is 11.5. The standard InChI is InChI=1S/C38H34O4/c1-37(2,29-11-7-5-8-12-29)31-19-23-33(24-20-31)41-35(39)27-15-17-28(18-16-27)36(40)42-34-25-21-32(22-26-34)38(3,4)30-13-9-6-10-14-30/h5-26H,1-4H3. The largest absolute Gasteiger partial charge is 0.423 e. The van der Waals surface area contributed by atoms with Crippen LogP contribution in [0.5, 0.6) is 11.5 Å². The Hall–Kier alpha value is -4.96. The smallest absolute Gasteiger partial charge is 0.343 e. The molecule has 0 spiro atoms. The maximum absolute atomic E-state index is 12.8. The van der Waals surface area contributed by atoms with Crippen LogP contribution < -0.4 is 9.47 Å². The summed E-state index contributed by atoms with van der Waals surface area (Å²) in [6.45, 7) is 8.66. The van der Waals surface area contributed by atoms with Gasteiger partial charge in [-0.05, 0) is 70.8 Å². The van der Waals surface area contributed by atoms with Crippen molar-refractivity contribution in [2.75, 3.05) is 0 Å². The molecule has 0 amide bonds. The molecule has 0 aliphatic rings. The van der Waals surface area contributed by atoms with Crippen LogP contribution in [0.2, 0.25) is 0 Å². The lowest BCUT2D eigenvalue weighted by atomic mass is 9.78. The van der Waals surface area contributed by atoms with Gasteiger partial charge in [0.1, 0.15) is 11.5 Å². The van der Waals surface area contributed by atoms with E-state index in [4.69, 9.17) is 9.47 Å². The first kappa shape index (κ1) is 28.6. The highest BCUT2D eigenvalue weighted by Crippen LogP contribution is 2.33. The number of esters is 2. The summed E-state index contributed by atoms with van der Waals surface area (Å²) < 4.78 is 11.2. The fourth-order valence-electron chi connectivity index (χ4n) is 5.00. The fourth-order valence-corrected chi connectivity index (χ4v) is 5.00. The van der Waals surface area contributed by atoms with Crippen molar-refractivity contribution in [3.05, 3.63) is 167 Å². The van der Waals surface area contributed by atoms with Gasteiger partial charge < -0.3 is 9.47 Å². The van der Waals surface area contributed by atoms with Crippen LogP contribution in [-0.2, 0) is 10.8 Å². The van der Waals surface area contributed by atoms with Gasteiger partial charge in [0.15, 0.2) is 0 Å². The number of hydrogen-bond donors (Lipinski definition) is 0. The van der Waals surface area contributed by atoms with Gasteiger partial charge in [-0.1, -0.05) is 113 Å². The second-order valence-corrected chi connectivity index (χ2v) is 11.4. The molecule has 0 N–H and O–H groups in total. The van der Waals surface area contributed by atoms with Crippen LogP contribution in [0.3, 0.4) is 0 Å². The summed E-state index contributed by atoms with van der Waals surface area (Å²) in [5, 5.41) is 0. The summed E-state index contributed by atoms with van der Waals surface area (Å²) >= 11 is 0. The van der Waals surface area contributed by atoms with E-state index in [2.05, 4.69) is 52.0 Å². The van der Waals surface area contributed by atoms with Crippen LogP contribution in [0.4, 0.5) is 0 Å². The van der Waals surface area contributed by atoms with Crippen LogP contribution in [0, 0.1) is 0 Å². The second-order valence-electron chi connectivity index (χ2n) is 11.4. The lowest BCUT2D eigenvalue weighted by Gasteiger charge is -2.26. The predicted octanol–water partition coefficient (Wildman–Crippen LogP) is 8.78. The van der Waals surface area contributed by atoms with E-state index in [0.29, 0.717) is 22.6 Å². The van der Waals surface area contributed by atoms with Crippen LogP contribution in [0.15, 0.2) is 133 Å². The number of carbonyl (C=O) groups excluding carboxylic acids is 2. The van der Waals surface area contributed by atoms with E-state index < -0.39 is 11.9 Å². The van der Waals surface area contributed by atoms with E-state index in [1.165, 1.54) is 11.1 Å². The van der Waals surface area contributed by atoms with Crippen LogP contribution in [0.25, 0.3) is 0 Å². The van der Waals surface area contributed by atoms with E-state index in [0.717, 1.165) is 11.1 Å². The van der Waals surface area contributed by atoms with Gasteiger partial charge in [0.25, 0.3) is 0 Å². The van der Waals surface area contributed by atoms with Gasteiger partial charge in [-0.15, -0.1) is 0 Å². The Morgan fingerprint density at radius 2 is 0.690 bits per heavy atom. The zero-order chi connectivity index (χ0) is 29.7. The third-order valence-corrected chi connectivity index (χ3v) is 7.92. The zero-order valence-electron chi connectivity index (χ0n) is 24.3. The zero-order valence-corrected chi connectivity index (χ0v) is 24.3. The Kier molecular flexibility index (Phi) is 8.08. The van der Waals surface area contributed by atoms with Crippen molar-refractivity contribution in [3.8, 4) is 11.5 Å². The summed E-state index contributed by atoms with van der Waals surface area (Å²) in [6, 6.07) is 41.9. The van der Waals surface area contributed by atoms with Crippen LogP contribution in [0.1, 0.15) is 70.7 Å². The fraction of sp³-hybridized carbons (Fsp3) is 0.158. The molecule has 0 saturated carbocycles. The van der Waals surface area contributed by atoms with Gasteiger partial charge in [0, 0.05) is 10.8 Å². The molecule has 4 heteroatoms. The molecule has 0 radical (unpaired) electrons. The lowest BCUT2D eigenvalue weighted by Crippen LogP contribution is -2.18. The van der Waals surface area contributed by atoms with E-state index in [-0.39, 0.29) is 10.8 Å².